The first-order valence-electron chi connectivity index (χ1n) is 10.6. The molecule has 0 saturated heterocycles. The first-order chi connectivity index (χ1) is 16.3. The molecule has 1 aliphatic rings. The number of nitriles is 2. The lowest BCUT2D eigenvalue weighted by Crippen LogP contribution is -2.27. The van der Waals surface area contributed by atoms with E-state index in [0.29, 0.717) is 22.6 Å². The molecule has 1 unspecified atom stereocenters. The fraction of sp³-hybridized carbons (Fsp3) is 0.280. The van der Waals surface area contributed by atoms with Crippen molar-refractivity contribution in [2.24, 2.45) is 5.73 Å². The number of halogens is 1. The molecule has 9 heteroatoms. The number of ether oxygens (including phenoxy) is 2. The summed E-state index contributed by atoms with van der Waals surface area (Å²) in [5.74, 6) is -2.09. The van der Waals surface area contributed by atoms with Crippen molar-refractivity contribution >= 4 is 17.7 Å². The van der Waals surface area contributed by atoms with E-state index in [1.165, 1.54) is 30.0 Å². The SMILES string of the molecule is CCOC(=O)C1=C(CSc2nc(CC)c(C)cc2C#N)OC(N)=C(C#N)C1c1cccc(F)c1. The van der Waals surface area contributed by atoms with Crippen LogP contribution in [0, 0.1) is 35.4 Å². The van der Waals surface area contributed by atoms with Crippen molar-refractivity contribution in [3.05, 3.63) is 81.3 Å². The molecule has 34 heavy (non-hydrogen) atoms. The molecule has 3 rings (SSSR count). The summed E-state index contributed by atoms with van der Waals surface area (Å²) in [5.41, 5.74) is 8.64. The van der Waals surface area contributed by atoms with Gasteiger partial charge in [-0.05, 0) is 49.6 Å². The molecule has 0 radical (unpaired) electrons. The highest BCUT2D eigenvalue weighted by Crippen LogP contribution is 2.41. The Bertz CT molecular complexity index is 1270. The minimum absolute atomic E-state index is 0.0122. The fourth-order valence-corrected chi connectivity index (χ4v) is 4.61. The zero-order valence-corrected chi connectivity index (χ0v) is 19.8. The van der Waals surface area contributed by atoms with Crippen LogP contribution in [0.15, 0.2) is 58.1 Å². The maximum absolute atomic E-state index is 14.0. The number of aromatic nitrogens is 1. The van der Waals surface area contributed by atoms with E-state index < -0.39 is 17.7 Å². The van der Waals surface area contributed by atoms with Gasteiger partial charge in [0, 0.05) is 5.69 Å². The van der Waals surface area contributed by atoms with Crippen molar-refractivity contribution in [1.82, 2.24) is 4.98 Å². The summed E-state index contributed by atoms with van der Waals surface area (Å²) in [7, 11) is 0. The minimum atomic E-state index is -0.961. The highest BCUT2D eigenvalue weighted by Gasteiger charge is 2.38. The molecule has 0 spiro atoms. The smallest absolute Gasteiger partial charge is 0.338 e. The van der Waals surface area contributed by atoms with Gasteiger partial charge in [0.2, 0.25) is 5.88 Å². The summed E-state index contributed by atoms with van der Waals surface area (Å²) >= 11 is 1.21. The number of thioether (sulfide) groups is 1. The molecule has 2 heterocycles. The quantitative estimate of drug-likeness (QED) is 0.459. The Kier molecular flexibility index (Phi) is 7.93. The lowest BCUT2D eigenvalue weighted by atomic mass is 9.83. The molecule has 0 aliphatic carbocycles. The summed E-state index contributed by atoms with van der Waals surface area (Å²) in [6.45, 7) is 5.62. The van der Waals surface area contributed by atoms with Gasteiger partial charge in [0.05, 0.1) is 29.4 Å². The Hall–Kier alpha value is -3.82. The van der Waals surface area contributed by atoms with Gasteiger partial charge in [0.25, 0.3) is 0 Å². The maximum Gasteiger partial charge on any atom is 0.338 e. The number of carbonyl (C=O) groups is 1. The van der Waals surface area contributed by atoms with Gasteiger partial charge in [-0.2, -0.15) is 10.5 Å². The monoisotopic (exact) mass is 478 g/mol. The van der Waals surface area contributed by atoms with Crippen LogP contribution in [-0.2, 0) is 20.7 Å². The van der Waals surface area contributed by atoms with Crippen molar-refractivity contribution in [3.8, 4) is 12.1 Å². The van der Waals surface area contributed by atoms with Crippen LogP contribution in [-0.4, -0.2) is 23.3 Å². The molecule has 2 N–H and O–H groups in total. The normalized spacial score (nSPS) is 15.4. The van der Waals surface area contributed by atoms with Gasteiger partial charge in [-0.25, -0.2) is 14.2 Å². The molecular formula is C25H23FN4O3S. The molecule has 1 aromatic carbocycles. The number of benzene rings is 1. The molecule has 1 aromatic heterocycles. The molecule has 1 atom stereocenters. The summed E-state index contributed by atoms with van der Waals surface area (Å²) in [4.78, 5) is 17.6. The lowest BCUT2D eigenvalue weighted by molar-refractivity contribution is -0.139. The maximum atomic E-state index is 14.0. The van der Waals surface area contributed by atoms with E-state index in [1.54, 1.807) is 19.1 Å². The summed E-state index contributed by atoms with van der Waals surface area (Å²) in [5, 5.41) is 19.8. The van der Waals surface area contributed by atoms with E-state index in [4.69, 9.17) is 15.2 Å². The molecular weight excluding hydrogens is 455 g/mol. The van der Waals surface area contributed by atoms with E-state index in [9.17, 15) is 19.7 Å². The predicted octanol–water partition coefficient (Wildman–Crippen LogP) is 4.38. The van der Waals surface area contributed by atoms with Crippen LogP contribution < -0.4 is 5.73 Å². The number of nitrogens with zero attached hydrogens (tertiary/aromatic N) is 3. The van der Waals surface area contributed by atoms with Gasteiger partial charge in [-0.3, -0.25) is 0 Å². The molecule has 0 fully saturated rings. The molecule has 7 nitrogen and oxygen atoms in total. The van der Waals surface area contributed by atoms with Gasteiger partial charge < -0.3 is 15.2 Å². The summed E-state index contributed by atoms with van der Waals surface area (Å²) < 4.78 is 25.0. The highest BCUT2D eigenvalue weighted by molar-refractivity contribution is 7.99. The standard InChI is InChI=1S/C25H23FN4O3S/c1-4-19-14(3)9-16(11-27)24(30-19)34-13-20-22(25(31)32-5-2)21(18(12-28)23(29)33-20)15-7-6-8-17(26)10-15/h6-10,21H,4-5,13,29H2,1-3H3. The van der Waals surface area contributed by atoms with Crippen LogP contribution in [0.2, 0.25) is 0 Å². The van der Waals surface area contributed by atoms with Gasteiger partial charge in [-0.15, -0.1) is 0 Å². The van der Waals surface area contributed by atoms with Crippen LogP contribution in [0.1, 0.15) is 42.1 Å². The predicted molar refractivity (Wildman–Crippen MR) is 125 cm³/mol. The second-order valence-electron chi connectivity index (χ2n) is 7.40. The van der Waals surface area contributed by atoms with E-state index in [1.807, 2.05) is 19.9 Å². The Morgan fingerprint density at radius 2 is 2.06 bits per heavy atom. The van der Waals surface area contributed by atoms with Crippen LogP contribution in [0.4, 0.5) is 4.39 Å². The number of carbonyl (C=O) groups excluding carboxylic acids is 1. The zero-order chi connectivity index (χ0) is 24.8. The Balaban J connectivity index is 2.11. The number of hydrogen-bond acceptors (Lipinski definition) is 8. The van der Waals surface area contributed by atoms with Crippen molar-refractivity contribution in [1.29, 1.82) is 10.5 Å². The molecule has 0 amide bonds. The van der Waals surface area contributed by atoms with Gasteiger partial charge >= 0.3 is 5.97 Å². The lowest BCUT2D eigenvalue weighted by Gasteiger charge is -2.28. The van der Waals surface area contributed by atoms with Crippen LogP contribution in [0.25, 0.3) is 0 Å². The number of nitrogens with two attached hydrogens (primary N) is 1. The van der Waals surface area contributed by atoms with E-state index in [2.05, 4.69) is 11.1 Å². The third-order valence-corrected chi connectivity index (χ3v) is 6.24. The summed E-state index contributed by atoms with van der Waals surface area (Å²) in [6, 6.07) is 11.5. The number of pyridine rings is 1. The average molecular weight is 479 g/mol. The molecule has 2 aromatic rings. The Labute approximate surface area is 201 Å². The molecule has 174 valence electrons. The van der Waals surface area contributed by atoms with E-state index in [-0.39, 0.29) is 35.1 Å². The largest absolute Gasteiger partial charge is 0.463 e. The van der Waals surface area contributed by atoms with Crippen molar-refractivity contribution < 1.29 is 18.7 Å². The van der Waals surface area contributed by atoms with Crippen molar-refractivity contribution in [3.63, 3.8) is 0 Å². The minimum Gasteiger partial charge on any atom is -0.463 e. The molecule has 0 saturated carbocycles. The van der Waals surface area contributed by atoms with Crippen LogP contribution in [0.3, 0.4) is 0 Å². The first kappa shape index (κ1) is 24.8. The second kappa shape index (κ2) is 10.9. The number of esters is 1. The zero-order valence-electron chi connectivity index (χ0n) is 19.0. The Morgan fingerprint density at radius 1 is 1.29 bits per heavy atom. The third kappa shape index (κ3) is 5.05. The Morgan fingerprint density at radius 3 is 2.68 bits per heavy atom. The number of rotatable bonds is 7. The molecule has 1 aliphatic heterocycles. The van der Waals surface area contributed by atoms with Crippen molar-refractivity contribution in [2.45, 2.75) is 38.1 Å². The van der Waals surface area contributed by atoms with Crippen LogP contribution in [0.5, 0.6) is 0 Å². The van der Waals surface area contributed by atoms with Gasteiger partial charge in [-0.1, -0.05) is 30.8 Å². The first-order valence-corrected chi connectivity index (χ1v) is 11.6. The topological polar surface area (TPSA) is 122 Å². The van der Waals surface area contributed by atoms with E-state index >= 15 is 0 Å². The van der Waals surface area contributed by atoms with Gasteiger partial charge in [0.1, 0.15) is 34.3 Å². The van der Waals surface area contributed by atoms with Gasteiger partial charge in [0.15, 0.2) is 0 Å². The number of allylic oxidation sites excluding steroid dienone is 1. The third-order valence-electron chi connectivity index (χ3n) is 5.25. The van der Waals surface area contributed by atoms with Crippen molar-refractivity contribution in [2.75, 3.05) is 12.4 Å². The van der Waals surface area contributed by atoms with Crippen LogP contribution >= 0.6 is 11.8 Å². The van der Waals surface area contributed by atoms with E-state index in [0.717, 1.165) is 11.3 Å². The second-order valence-corrected chi connectivity index (χ2v) is 8.36. The number of aryl methyl sites for hydroxylation is 2. The fourth-order valence-electron chi connectivity index (χ4n) is 3.69. The number of hydrogen-bond donors (Lipinski definition) is 1. The highest BCUT2D eigenvalue weighted by atomic mass is 32.2. The summed E-state index contributed by atoms with van der Waals surface area (Å²) in [6.07, 6.45) is 0.696. The average Bonchev–Trinajstić information content (AvgIpc) is 2.82. The molecule has 0 bridgehead atoms.